The van der Waals surface area contributed by atoms with Crippen molar-refractivity contribution in [2.75, 3.05) is 0 Å². The van der Waals surface area contributed by atoms with Crippen molar-refractivity contribution in [3.8, 4) is 11.3 Å². The Labute approximate surface area is 181 Å². The summed E-state index contributed by atoms with van der Waals surface area (Å²) in [7, 11) is 0. The second kappa shape index (κ2) is 6.62. The maximum atomic E-state index is 12.9. The molecule has 0 N–H and O–H groups in total. The second-order valence-electron chi connectivity index (χ2n) is 7.45. The number of hydrogen-bond acceptors (Lipinski definition) is 5. The topological polar surface area (TPSA) is 77.7 Å². The Morgan fingerprint density at radius 2 is 1.50 bits per heavy atom. The summed E-state index contributed by atoms with van der Waals surface area (Å²) in [6, 6.07) is 19.8. The molecule has 0 aliphatic heterocycles. The molecule has 150 valence electrons. The number of aromatic nitrogens is 1. The molecule has 32 heavy (non-hydrogen) atoms. The Morgan fingerprint density at radius 1 is 0.844 bits per heavy atom. The fourth-order valence-electron chi connectivity index (χ4n) is 3.92. The van der Waals surface area contributed by atoms with Crippen molar-refractivity contribution in [1.82, 2.24) is 4.98 Å². The van der Waals surface area contributed by atoms with Crippen LogP contribution in [0.15, 0.2) is 81.1 Å². The molecule has 6 heteroatoms. The third-order valence-corrected chi connectivity index (χ3v) is 5.52. The molecule has 0 bridgehead atoms. The van der Waals surface area contributed by atoms with Crippen LogP contribution in [0.3, 0.4) is 0 Å². The van der Waals surface area contributed by atoms with Gasteiger partial charge in [-0.15, -0.1) is 0 Å². The van der Waals surface area contributed by atoms with E-state index in [1.54, 1.807) is 42.5 Å². The number of ketones is 2. The van der Waals surface area contributed by atoms with E-state index in [-0.39, 0.29) is 28.7 Å². The zero-order valence-corrected chi connectivity index (χ0v) is 16.5. The summed E-state index contributed by atoms with van der Waals surface area (Å²) in [6.45, 7) is 7.03. The third-order valence-electron chi connectivity index (χ3n) is 5.52. The molecule has 2 heterocycles. The number of furan rings is 1. The van der Waals surface area contributed by atoms with E-state index in [2.05, 4.69) is 9.83 Å². The lowest BCUT2D eigenvalue weighted by atomic mass is 10.0. The van der Waals surface area contributed by atoms with E-state index < -0.39 is 0 Å². The van der Waals surface area contributed by atoms with Crippen molar-refractivity contribution in [3.63, 3.8) is 0 Å². The van der Waals surface area contributed by atoms with Crippen LogP contribution in [-0.4, -0.2) is 16.6 Å². The molecule has 1 aliphatic carbocycles. The smallest absolute Gasteiger partial charge is 0.266 e. The van der Waals surface area contributed by atoms with E-state index in [1.165, 1.54) is 6.08 Å². The first-order chi connectivity index (χ1) is 15.6. The monoisotopic (exact) mass is 416 g/mol. The van der Waals surface area contributed by atoms with Crippen molar-refractivity contribution >= 4 is 45.4 Å². The summed E-state index contributed by atoms with van der Waals surface area (Å²) in [5.74, 6) is -0.00543. The number of carbonyl (C=O) groups excluding carboxylic acids is 2. The van der Waals surface area contributed by atoms with Crippen molar-refractivity contribution < 1.29 is 18.4 Å². The predicted molar refractivity (Wildman–Crippen MR) is 119 cm³/mol. The van der Waals surface area contributed by atoms with Gasteiger partial charge in [-0.2, -0.15) is 4.98 Å². The van der Waals surface area contributed by atoms with Crippen LogP contribution >= 0.6 is 0 Å². The van der Waals surface area contributed by atoms with Crippen LogP contribution in [0.4, 0.5) is 5.69 Å². The first-order valence-electron chi connectivity index (χ1n) is 9.83. The number of nitrogens with zero attached hydrogens (tertiary/aromatic N) is 2. The number of hydrogen-bond donors (Lipinski definition) is 0. The minimum absolute atomic E-state index is 0.0224. The molecular formula is C26H12N2O4. The summed E-state index contributed by atoms with van der Waals surface area (Å²) < 4.78 is 11.5. The largest absolute Gasteiger partial charge is 0.435 e. The highest BCUT2D eigenvalue weighted by Gasteiger charge is 2.34. The summed E-state index contributed by atoms with van der Waals surface area (Å²) in [4.78, 5) is 33.4. The maximum absolute atomic E-state index is 12.9. The first kappa shape index (κ1) is 18.0. The SMILES string of the molecule is [C-]#[N+]c1ccc(-c2cc3oc(C=C4C(=O)c5cc6ccccc6cc5C4=O)nc3o2)cc1. The number of Topliss-reactive ketones (excluding diaryl/α,β-unsaturated/α-hetero) is 2. The zero-order chi connectivity index (χ0) is 21.8. The van der Waals surface area contributed by atoms with Gasteiger partial charge in [-0.1, -0.05) is 48.5 Å². The molecule has 0 fully saturated rings. The van der Waals surface area contributed by atoms with E-state index >= 15 is 0 Å². The molecule has 0 saturated heterocycles. The average molecular weight is 416 g/mol. The number of allylic oxidation sites excluding steroid dienone is 1. The maximum Gasteiger partial charge on any atom is 0.266 e. The van der Waals surface area contributed by atoms with Gasteiger partial charge in [0, 0.05) is 28.8 Å². The Bertz CT molecular complexity index is 1570. The summed E-state index contributed by atoms with van der Waals surface area (Å²) >= 11 is 0. The van der Waals surface area contributed by atoms with Gasteiger partial charge in [-0.3, -0.25) is 9.59 Å². The van der Waals surface area contributed by atoms with Crippen LogP contribution in [-0.2, 0) is 0 Å². The molecular weight excluding hydrogens is 404 g/mol. The highest BCUT2D eigenvalue weighted by molar-refractivity contribution is 6.42. The Morgan fingerprint density at radius 3 is 2.09 bits per heavy atom. The van der Waals surface area contributed by atoms with Crippen molar-refractivity contribution in [3.05, 3.63) is 101 Å². The molecule has 0 amide bonds. The first-order valence-corrected chi connectivity index (χ1v) is 9.83. The van der Waals surface area contributed by atoms with Crippen LogP contribution in [0, 0.1) is 6.57 Å². The van der Waals surface area contributed by atoms with Gasteiger partial charge in [0.25, 0.3) is 5.71 Å². The van der Waals surface area contributed by atoms with Gasteiger partial charge in [0.05, 0.1) is 12.1 Å². The third kappa shape index (κ3) is 2.69. The quantitative estimate of drug-likeness (QED) is 0.193. The highest BCUT2D eigenvalue weighted by Crippen LogP contribution is 2.33. The summed E-state index contributed by atoms with van der Waals surface area (Å²) in [5.41, 5.74) is 2.80. The molecule has 0 saturated carbocycles. The molecule has 3 aromatic carbocycles. The number of carbonyl (C=O) groups is 2. The zero-order valence-electron chi connectivity index (χ0n) is 16.5. The van der Waals surface area contributed by atoms with Gasteiger partial charge in [-0.05, 0) is 22.9 Å². The van der Waals surface area contributed by atoms with Crippen LogP contribution in [0.25, 0.3) is 44.3 Å². The summed E-state index contributed by atoms with van der Waals surface area (Å²) in [6.07, 6.45) is 1.37. The molecule has 0 radical (unpaired) electrons. The molecule has 6 rings (SSSR count). The molecule has 0 unspecified atom stereocenters. The van der Waals surface area contributed by atoms with E-state index in [9.17, 15) is 9.59 Å². The fraction of sp³-hybridized carbons (Fsp3) is 0. The molecule has 0 atom stereocenters. The minimum atomic E-state index is -0.342. The van der Waals surface area contributed by atoms with Gasteiger partial charge in [0.2, 0.25) is 5.89 Å². The van der Waals surface area contributed by atoms with E-state index in [4.69, 9.17) is 15.4 Å². The van der Waals surface area contributed by atoms with Crippen LogP contribution < -0.4 is 0 Å². The number of fused-ring (bicyclic) bond motifs is 3. The van der Waals surface area contributed by atoms with Crippen molar-refractivity contribution in [2.24, 2.45) is 0 Å². The van der Waals surface area contributed by atoms with Crippen molar-refractivity contribution in [2.45, 2.75) is 0 Å². The lowest BCUT2D eigenvalue weighted by molar-refractivity contribution is 0.0990. The Balaban J connectivity index is 1.36. The number of benzene rings is 3. The van der Waals surface area contributed by atoms with Gasteiger partial charge in [0.15, 0.2) is 22.8 Å². The van der Waals surface area contributed by atoms with Crippen LogP contribution in [0.1, 0.15) is 26.6 Å². The standard InChI is InChI=1S/C26H12N2O4/c1-27-17-8-6-14(7-9-17)21-13-22-26(32-21)28-23(31-22)12-20-24(29)18-10-15-4-2-3-5-16(15)11-19(18)25(20)30/h2-13H. The van der Waals surface area contributed by atoms with Crippen LogP contribution in [0.5, 0.6) is 0 Å². The minimum Gasteiger partial charge on any atom is -0.435 e. The van der Waals surface area contributed by atoms with Gasteiger partial charge < -0.3 is 8.83 Å². The summed E-state index contributed by atoms with van der Waals surface area (Å²) in [5, 5.41) is 1.80. The Hall–Kier alpha value is -4.76. The molecule has 0 spiro atoms. The molecule has 2 aromatic heterocycles. The highest BCUT2D eigenvalue weighted by atomic mass is 16.4. The lowest BCUT2D eigenvalue weighted by Crippen LogP contribution is -2.00. The van der Waals surface area contributed by atoms with Crippen molar-refractivity contribution in [1.29, 1.82) is 0 Å². The Kier molecular flexibility index (Phi) is 3.73. The second-order valence-corrected chi connectivity index (χ2v) is 7.45. The van der Waals surface area contributed by atoms with E-state index in [0.717, 1.165) is 16.3 Å². The fourth-order valence-corrected chi connectivity index (χ4v) is 3.92. The number of rotatable bonds is 2. The predicted octanol–water partition coefficient (Wildman–Crippen LogP) is 6.25. The normalized spacial score (nSPS) is 13.0. The van der Waals surface area contributed by atoms with E-state index in [0.29, 0.717) is 28.2 Å². The van der Waals surface area contributed by atoms with E-state index in [1.807, 2.05) is 24.3 Å². The number of oxazole rings is 1. The average Bonchev–Trinajstić information content (AvgIpc) is 3.45. The lowest BCUT2D eigenvalue weighted by Gasteiger charge is -2.00. The molecule has 6 nitrogen and oxygen atoms in total. The van der Waals surface area contributed by atoms with Gasteiger partial charge in [-0.25, -0.2) is 4.85 Å². The van der Waals surface area contributed by atoms with Gasteiger partial charge >= 0.3 is 0 Å². The van der Waals surface area contributed by atoms with Gasteiger partial charge in [0.1, 0.15) is 5.76 Å². The molecule has 5 aromatic rings. The molecule has 1 aliphatic rings. The van der Waals surface area contributed by atoms with Crippen LogP contribution in [0.2, 0.25) is 0 Å².